The Labute approximate surface area is 150 Å². The van der Waals surface area contributed by atoms with Crippen LogP contribution < -0.4 is 9.47 Å². The van der Waals surface area contributed by atoms with Gasteiger partial charge in [-0.25, -0.2) is 0 Å². The van der Waals surface area contributed by atoms with Crippen LogP contribution in [0.4, 0.5) is 0 Å². The highest BCUT2D eigenvalue weighted by Gasteiger charge is 2.21. The predicted molar refractivity (Wildman–Crippen MR) is 97.5 cm³/mol. The third-order valence-electron chi connectivity index (χ3n) is 4.61. The standard InChI is InChI=1S/C19H30N2O4/c1-3-24-17-6-8-18(9-7-17)25-14-13-21-11-4-5-16(10-12-21)20(2)15-19(22)23/h6-9,16H,3-5,10-15H2,1-2H3,(H,22,23). The summed E-state index contributed by atoms with van der Waals surface area (Å²) in [5.41, 5.74) is 0. The quantitative estimate of drug-likeness (QED) is 0.738. The number of nitrogens with zero attached hydrogens (tertiary/aromatic N) is 2. The van der Waals surface area contributed by atoms with Gasteiger partial charge in [0.1, 0.15) is 18.1 Å². The summed E-state index contributed by atoms with van der Waals surface area (Å²) in [7, 11) is 1.91. The number of likely N-dealkylation sites (tertiary alicyclic amines) is 1. The molecule has 1 atom stereocenters. The zero-order valence-electron chi connectivity index (χ0n) is 15.3. The molecule has 1 aliphatic heterocycles. The molecule has 0 aliphatic carbocycles. The van der Waals surface area contributed by atoms with Crippen LogP contribution in [-0.4, -0.2) is 73.4 Å². The summed E-state index contributed by atoms with van der Waals surface area (Å²) in [5, 5.41) is 8.93. The number of carboxylic acid groups (broad SMARTS) is 1. The van der Waals surface area contributed by atoms with Gasteiger partial charge in [-0.2, -0.15) is 0 Å². The molecule has 1 aromatic carbocycles. The second-order valence-electron chi connectivity index (χ2n) is 6.49. The topological polar surface area (TPSA) is 62.2 Å². The van der Waals surface area contributed by atoms with Crippen LogP contribution in [0.25, 0.3) is 0 Å². The Morgan fingerprint density at radius 1 is 1.20 bits per heavy atom. The van der Waals surface area contributed by atoms with Gasteiger partial charge in [0.2, 0.25) is 0 Å². The number of rotatable bonds is 9. The molecule has 0 spiro atoms. The number of aliphatic carboxylic acids is 1. The fourth-order valence-electron chi connectivity index (χ4n) is 3.24. The minimum Gasteiger partial charge on any atom is -0.494 e. The van der Waals surface area contributed by atoms with Crippen LogP contribution in [0.1, 0.15) is 26.2 Å². The molecule has 0 radical (unpaired) electrons. The zero-order valence-corrected chi connectivity index (χ0v) is 15.3. The Balaban J connectivity index is 1.70. The fourth-order valence-corrected chi connectivity index (χ4v) is 3.24. The molecule has 1 unspecified atom stereocenters. The van der Waals surface area contributed by atoms with E-state index >= 15 is 0 Å². The van der Waals surface area contributed by atoms with E-state index in [1.54, 1.807) is 0 Å². The Bertz CT molecular complexity index is 521. The maximum Gasteiger partial charge on any atom is 0.317 e. The largest absolute Gasteiger partial charge is 0.494 e. The van der Waals surface area contributed by atoms with Crippen LogP contribution >= 0.6 is 0 Å². The van der Waals surface area contributed by atoms with Gasteiger partial charge in [0.05, 0.1) is 13.2 Å². The number of hydrogen-bond donors (Lipinski definition) is 1. The van der Waals surface area contributed by atoms with E-state index in [9.17, 15) is 4.79 Å². The highest BCUT2D eigenvalue weighted by Crippen LogP contribution is 2.18. The number of benzene rings is 1. The van der Waals surface area contributed by atoms with Gasteiger partial charge in [-0.1, -0.05) is 0 Å². The summed E-state index contributed by atoms with van der Waals surface area (Å²) in [6, 6.07) is 8.07. The van der Waals surface area contributed by atoms with E-state index in [1.807, 2.05) is 43.1 Å². The van der Waals surface area contributed by atoms with Crippen LogP contribution in [0.5, 0.6) is 11.5 Å². The lowest BCUT2D eigenvalue weighted by Crippen LogP contribution is -2.37. The number of likely N-dealkylation sites (N-methyl/N-ethyl adjacent to an activating group) is 1. The van der Waals surface area contributed by atoms with Crippen molar-refractivity contribution in [3.63, 3.8) is 0 Å². The molecule has 1 N–H and O–H groups in total. The molecule has 1 fully saturated rings. The summed E-state index contributed by atoms with van der Waals surface area (Å²) < 4.78 is 11.2. The minimum atomic E-state index is -0.757. The van der Waals surface area contributed by atoms with E-state index in [0.29, 0.717) is 19.3 Å². The number of ether oxygens (including phenoxy) is 2. The number of hydrogen-bond acceptors (Lipinski definition) is 5. The molecule has 1 aliphatic rings. The SMILES string of the molecule is CCOc1ccc(OCCN2CCCC(N(C)CC(=O)O)CC2)cc1. The van der Waals surface area contributed by atoms with Crippen LogP contribution in [0.3, 0.4) is 0 Å². The smallest absolute Gasteiger partial charge is 0.317 e. The van der Waals surface area contributed by atoms with E-state index in [4.69, 9.17) is 14.6 Å². The summed E-state index contributed by atoms with van der Waals surface area (Å²) in [4.78, 5) is 15.2. The molecular weight excluding hydrogens is 320 g/mol. The van der Waals surface area contributed by atoms with Gasteiger partial charge < -0.3 is 14.6 Å². The van der Waals surface area contributed by atoms with Crippen molar-refractivity contribution in [2.24, 2.45) is 0 Å². The summed E-state index contributed by atoms with van der Waals surface area (Å²) >= 11 is 0. The second kappa shape index (κ2) is 10.3. The third-order valence-corrected chi connectivity index (χ3v) is 4.61. The van der Waals surface area contributed by atoms with Crippen LogP contribution in [0, 0.1) is 0 Å². The van der Waals surface area contributed by atoms with E-state index in [2.05, 4.69) is 4.90 Å². The van der Waals surface area contributed by atoms with Crippen molar-refractivity contribution in [1.29, 1.82) is 0 Å². The summed E-state index contributed by atoms with van der Waals surface area (Å²) in [6.45, 7) is 6.33. The summed E-state index contributed by atoms with van der Waals surface area (Å²) in [6.07, 6.45) is 3.16. The van der Waals surface area contributed by atoms with Crippen molar-refractivity contribution in [2.75, 3.05) is 46.4 Å². The minimum absolute atomic E-state index is 0.117. The molecule has 25 heavy (non-hydrogen) atoms. The van der Waals surface area contributed by atoms with Crippen molar-refractivity contribution < 1.29 is 19.4 Å². The Morgan fingerprint density at radius 2 is 1.88 bits per heavy atom. The molecule has 1 heterocycles. The lowest BCUT2D eigenvalue weighted by atomic mass is 10.1. The zero-order chi connectivity index (χ0) is 18.1. The molecule has 6 heteroatoms. The first-order chi connectivity index (χ1) is 12.1. The lowest BCUT2D eigenvalue weighted by molar-refractivity contribution is -0.138. The average molecular weight is 350 g/mol. The van der Waals surface area contributed by atoms with Crippen LogP contribution in [0.15, 0.2) is 24.3 Å². The van der Waals surface area contributed by atoms with Crippen molar-refractivity contribution in [3.05, 3.63) is 24.3 Å². The molecule has 0 saturated carbocycles. The normalized spacial score (nSPS) is 18.8. The van der Waals surface area contributed by atoms with Gasteiger partial charge in [0, 0.05) is 12.6 Å². The Morgan fingerprint density at radius 3 is 2.52 bits per heavy atom. The first-order valence-electron chi connectivity index (χ1n) is 9.08. The van der Waals surface area contributed by atoms with Gasteiger partial charge in [0.25, 0.3) is 0 Å². The van der Waals surface area contributed by atoms with Gasteiger partial charge in [0.15, 0.2) is 0 Å². The molecule has 1 aromatic rings. The maximum absolute atomic E-state index is 10.9. The first-order valence-corrected chi connectivity index (χ1v) is 9.08. The van der Waals surface area contributed by atoms with E-state index in [0.717, 1.165) is 50.4 Å². The van der Waals surface area contributed by atoms with Crippen LogP contribution in [0.2, 0.25) is 0 Å². The van der Waals surface area contributed by atoms with E-state index in [1.165, 1.54) is 0 Å². The molecule has 2 rings (SSSR count). The monoisotopic (exact) mass is 350 g/mol. The number of carboxylic acids is 1. The maximum atomic E-state index is 10.9. The fraction of sp³-hybridized carbons (Fsp3) is 0.632. The van der Waals surface area contributed by atoms with Crippen molar-refractivity contribution in [1.82, 2.24) is 9.80 Å². The summed E-state index contributed by atoms with van der Waals surface area (Å²) in [5.74, 6) is 0.962. The molecule has 140 valence electrons. The molecule has 6 nitrogen and oxygen atoms in total. The Hall–Kier alpha value is -1.79. The van der Waals surface area contributed by atoms with Gasteiger partial charge >= 0.3 is 5.97 Å². The molecule has 0 amide bonds. The molecule has 0 bridgehead atoms. The third kappa shape index (κ3) is 6.92. The second-order valence-corrected chi connectivity index (χ2v) is 6.49. The lowest BCUT2D eigenvalue weighted by Gasteiger charge is -2.25. The van der Waals surface area contributed by atoms with Crippen molar-refractivity contribution >= 4 is 5.97 Å². The highest BCUT2D eigenvalue weighted by molar-refractivity contribution is 5.69. The van der Waals surface area contributed by atoms with Crippen molar-refractivity contribution in [3.8, 4) is 11.5 Å². The van der Waals surface area contributed by atoms with Gasteiger partial charge in [-0.3, -0.25) is 14.6 Å². The average Bonchev–Trinajstić information content (AvgIpc) is 2.82. The van der Waals surface area contributed by atoms with Gasteiger partial charge in [-0.05, 0) is 70.6 Å². The van der Waals surface area contributed by atoms with E-state index in [-0.39, 0.29) is 6.54 Å². The highest BCUT2D eigenvalue weighted by atomic mass is 16.5. The van der Waals surface area contributed by atoms with E-state index < -0.39 is 5.97 Å². The van der Waals surface area contributed by atoms with Gasteiger partial charge in [-0.15, -0.1) is 0 Å². The Kier molecular flexibility index (Phi) is 8.01. The molecular formula is C19H30N2O4. The van der Waals surface area contributed by atoms with Crippen molar-refractivity contribution in [2.45, 2.75) is 32.2 Å². The molecule has 1 saturated heterocycles. The number of carbonyl (C=O) groups is 1. The first kappa shape index (κ1) is 19.5. The molecule has 0 aromatic heterocycles. The van der Waals surface area contributed by atoms with Crippen LogP contribution in [-0.2, 0) is 4.79 Å². The predicted octanol–water partition coefficient (Wildman–Crippen LogP) is 2.33.